The number of halogens is 3. The fourth-order valence-corrected chi connectivity index (χ4v) is 2.64. The Morgan fingerprint density at radius 2 is 2.06 bits per heavy atom. The van der Waals surface area contributed by atoms with Crippen LogP contribution in [-0.2, 0) is 0 Å². The van der Waals surface area contributed by atoms with Gasteiger partial charge in [0.2, 0.25) is 0 Å². The minimum atomic E-state index is -0.270. The maximum atomic E-state index is 13.4. The van der Waals surface area contributed by atoms with E-state index in [4.69, 9.17) is 11.6 Å². The second-order valence-corrected chi connectivity index (χ2v) is 5.33. The number of hydrogen-bond acceptors (Lipinski definition) is 2. The second-order valence-electron chi connectivity index (χ2n) is 2.97. The number of nitrogens with zero attached hydrogens (tertiary/aromatic N) is 1. The van der Waals surface area contributed by atoms with Crippen molar-refractivity contribution in [2.24, 2.45) is 0 Å². The predicted molar refractivity (Wildman–Crippen MR) is 67.5 cm³/mol. The average Bonchev–Trinajstić information content (AvgIpc) is 2.25. The van der Waals surface area contributed by atoms with Crippen LogP contribution in [0, 0.1) is 5.82 Å². The number of rotatable bonds is 2. The maximum Gasteiger partial charge on any atom is 0.137 e. The van der Waals surface area contributed by atoms with Crippen LogP contribution in [0.2, 0.25) is 5.02 Å². The Balaban J connectivity index is 2.31. The lowest BCUT2D eigenvalue weighted by atomic mass is 10.3. The predicted octanol–water partition coefficient (Wildman–Crippen LogP) is 4.79. The van der Waals surface area contributed by atoms with Crippen molar-refractivity contribution in [3.8, 4) is 0 Å². The molecule has 16 heavy (non-hydrogen) atoms. The summed E-state index contributed by atoms with van der Waals surface area (Å²) in [5, 5.41) is 1.09. The van der Waals surface area contributed by atoms with E-state index >= 15 is 0 Å². The molecule has 0 atom stereocenters. The van der Waals surface area contributed by atoms with Gasteiger partial charge in [-0.2, -0.15) is 0 Å². The van der Waals surface area contributed by atoms with Gasteiger partial charge < -0.3 is 0 Å². The summed E-state index contributed by atoms with van der Waals surface area (Å²) in [6.07, 6.45) is 1.63. The van der Waals surface area contributed by atoms with Gasteiger partial charge in [-0.3, -0.25) is 0 Å². The molecular weight excluding hydrogens is 313 g/mol. The Morgan fingerprint density at radius 1 is 1.31 bits per heavy atom. The molecule has 5 heteroatoms. The van der Waals surface area contributed by atoms with E-state index in [0.29, 0.717) is 14.9 Å². The minimum Gasteiger partial charge on any atom is -0.247 e. The lowest BCUT2D eigenvalue weighted by molar-refractivity contribution is 0.602. The van der Waals surface area contributed by atoms with Crippen LogP contribution in [0.15, 0.2) is 50.9 Å². The van der Waals surface area contributed by atoms with Gasteiger partial charge in [-0.05, 0) is 34.1 Å². The average molecular weight is 319 g/mol. The summed E-state index contributed by atoms with van der Waals surface area (Å²) in [5.74, 6) is -0.270. The quantitative estimate of drug-likeness (QED) is 0.790. The molecule has 0 saturated carbocycles. The fraction of sp³-hybridized carbons (Fsp3) is 0. The zero-order valence-corrected chi connectivity index (χ0v) is 11.1. The monoisotopic (exact) mass is 317 g/mol. The van der Waals surface area contributed by atoms with Crippen LogP contribution in [0.1, 0.15) is 0 Å². The highest BCUT2D eigenvalue weighted by Gasteiger charge is 2.08. The SMILES string of the molecule is Fc1ccccc1Sc1ncc(Br)cc1Cl. The molecule has 2 aromatic rings. The Bertz CT molecular complexity index is 521. The van der Waals surface area contributed by atoms with E-state index in [-0.39, 0.29) is 5.82 Å². The largest absolute Gasteiger partial charge is 0.247 e. The summed E-state index contributed by atoms with van der Waals surface area (Å²) in [6, 6.07) is 8.26. The fourth-order valence-electron chi connectivity index (χ4n) is 1.11. The first-order valence-electron chi connectivity index (χ1n) is 4.40. The molecule has 1 heterocycles. The standard InChI is InChI=1S/C11H6BrClFNS/c12-7-5-8(13)11(15-6-7)16-10-4-2-1-3-9(10)14/h1-6H. The van der Waals surface area contributed by atoms with Crippen LogP contribution in [0.5, 0.6) is 0 Å². The molecule has 1 aromatic carbocycles. The molecule has 0 aliphatic carbocycles. The van der Waals surface area contributed by atoms with Crippen molar-refractivity contribution in [3.63, 3.8) is 0 Å². The zero-order chi connectivity index (χ0) is 11.5. The summed E-state index contributed by atoms with van der Waals surface area (Å²) >= 11 is 10.5. The second kappa shape index (κ2) is 5.17. The van der Waals surface area contributed by atoms with Crippen LogP contribution < -0.4 is 0 Å². The van der Waals surface area contributed by atoms with Crippen LogP contribution in [0.4, 0.5) is 4.39 Å². The Morgan fingerprint density at radius 3 is 2.75 bits per heavy atom. The van der Waals surface area contributed by atoms with Gasteiger partial charge in [0.05, 0.1) is 5.02 Å². The van der Waals surface area contributed by atoms with Crippen molar-refractivity contribution in [1.29, 1.82) is 0 Å². The molecule has 0 unspecified atom stereocenters. The molecule has 0 spiro atoms. The van der Waals surface area contributed by atoms with Crippen molar-refractivity contribution in [1.82, 2.24) is 4.98 Å². The molecule has 2 rings (SSSR count). The van der Waals surface area contributed by atoms with Crippen molar-refractivity contribution < 1.29 is 4.39 Å². The summed E-state index contributed by atoms with van der Waals surface area (Å²) < 4.78 is 14.2. The van der Waals surface area contributed by atoms with Gasteiger partial charge in [0.15, 0.2) is 0 Å². The van der Waals surface area contributed by atoms with Gasteiger partial charge in [0, 0.05) is 15.6 Å². The van der Waals surface area contributed by atoms with Crippen LogP contribution in [0.25, 0.3) is 0 Å². The lowest BCUT2D eigenvalue weighted by Crippen LogP contribution is -1.84. The van der Waals surface area contributed by atoms with E-state index in [0.717, 1.165) is 4.47 Å². The molecule has 82 valence electrons. The van der Waals surface area contributed by atoms with Gasteiger partial charge in [-0.1, -0.05) is 35.5 Å². The number of aromatic nitrogens is 1. The molecule has 0 aliphatic rings. The molecule has 0 radical (unpaired) electrons. The van der Waals surface area contributed by atoms with Gasteiger partial charge in [0.25, 0.3) is 0 Å². The van der Waals surface area contributed by atoms with Crippen molar-refractivity contribution in [3.05, 3.63) is 51.8 Å². The molecule has 0 bridgehead atoms. The van der Waals surface area contributed by atoms with Crippen LogP contribution in [-0.4, -0.2) is 4.98 Å². The molecule has 0 fully saturated rings. The number of benzene rings is 1. The third-order valence-electron chi connectivity index (χ3n) is 1.82. The van der Waals surface area contributed by atoms with E-state index < -0.39 is 0 Å². The first-order chi connectivity index (χ1) is 7.66. The van der Waals surface area contributed by atoms with Crippen molar-refractivity contribution in [2.45, 2.75) is 9.92 Å². The highest BCUT2D eigenvalue weighted by molar-refractivity contribution is 9.10. The van der Waals surface area contributed by atoms with E-state index in [1.54, 1.807) is 30.5 Å². The van der Waals surface area contributed by atoms with Gasteiger partial charge in [0.1, 0.15) is 10.8 Å². The van der Waals surface area contributed by atoms with Crippen molar-refractivity contribution >= 4 is 39.3 Å². The van der Waals surface area contributed by atoms with Crippen molar-refractivity contribution in [2.75, 3.05) is 0 Å². The van der Waals surface area contributed by atoms with Gasteiger partial charge >= 0.3 is 0 Å². The number of pyridine rings is 1. The third-order valence-corrected chi connectivity index (χ3v) is 3.72. The lowest BCUT2D eigenvalue weighted by Gasteiger charge is -2.04. The minimum absolute atomic E-state index is 0.270. The molecule has 0 N–H and O–H groups in total. The highest BCUT2D eigenvalue weighted by Crippen LogP contribution is 2.33. The smallest absolute Gasteiger partial charge is 0.137 e. The summed E-state index contributed by atoms with van der Waals surface area (Å²) in [6.45, 7) is 0. The Labute approximate surface area is 110 Å². The van der Waals surface area contributed by atoms with Crippen LogP contribution >= 0.6 is 39.3 Å². The van der Waals surface area contributed by atoms with Gasteiger partial charge in [-0.15, -0.1) is 0 Å². The van der Waals surface area contributed by atoms with E-state index in [9.17, 15) is 4.39 Å². The Hall–Kier alpha value is -0.580. The molecule has 0 saturated heterocycles. The summed E-state index contributed by atoms with van der Waals surface area (Å²) in [5.41, 5.74) is 0. The van der Waals surface area contributed by atoms with E-state index in [1.807, 2.05) is 0 Å². The van der Waals surface area contributed by atoms with Crippen LogP contribution in [0.3, 0.4) is 0 Å². The Kier molecular flexibility index (Phi) is 3.84. The maximum absolute atomic E-state index is 13.4. The molecule has 1 nitrogen and oxygen atoms in total. The zero-order valence-electron chi connectivity index (χ0n) is 7.95. The highest BCUT2D eigenvalue weighted by atomic mass is 79.9. The van der Waals surface area contributed by atoms with Gasteiger partial charge in [-0.25, -0.2) is 9.37 Å². The summed E-state index contributed by atoms with van der Waals surface area (Å²) in [7, 11) is 0. The molecular formula is C11H6BrClFNS. The topological polar surface area (TPSA) is 12.9 Å². The molecule has 0 aliphatic heterocycles. The normalized spacial score (nSPS) is 10.4. The number of hydrogen-bond donors (Lipinski definition) is 0. The van der Waals surface area contributed by atoms with E-state index in [1.165, 1.54) is 17.8 Å². The molecule has 0 amide bonds. The first-order valence-corrected chi connectivity index (χ1v) is 6.39. The summed E-state index contributed by atoms with van der Waals surface area (Å²) in [4.78, 5) is 4.64. The molecule has 1 aromatic heterocycles. The first kappa shape index (κ1) is 11.9. The van der Waals surface area contributed by atoms with E-state index in [2.05, 4.69) is 20.9 Å². The third kappa shape index (κ3) is 2.75.